The lowest BCUT2D eigenvalue weighted by Crippen LogP contribution is -2.35. The fourth-order valence-electron chi connectivity index (χ4n) is 2.98. The van der Waals surface area contributed by atoms with E-state index in [4.69, 9.17) is 0 Å². The lowest BCUT2D eigenvalue weighted by Gasteiger charge is -2.28. The molecule has 3 rings (SSSR count). The number of rotatable bonds is 5. The van der Waals surface area contributed by atoms with Crippen LogP contribution in [0.3, 0.4) is 0 Å². The highest BCUT2D eigenvalue weighted by atomic mass is 19.1. The van der Waals surface area contributed by atoms with Crippen LogP contribution in [0.4, 0.5) is 8.78 Å². The first kappa shape index (κ1) is 17.9. The van der Waals surface area contributed by atoms with E-state index in [0.717, 1.165) is 12.8 Å². The van der Waals surface area contributed by atoms with Crippen molar-refractivity contribution in [1.82, 2.24) is 4.98 Å². The number of halogens is 2. The SMILES string of the molecule is CC(C)(O)c1cc([C@@](O)(CO)C2CC2)nc(-c2ccc(F)cc2)c1F. The number of aliphatic hydroxyl groups excluding tert-OH is 1. The molecular formula is C19H21F2NO3. The molecular weight excluding hydrogens is 328 g/mol. The van der Waals surface area contributed by atoms with Crippen LogP contribution in [0.15, 0.2) is 30.3 Å². The van der Waals surface area contributed by atoms with Crippen LogP contribution in [0.25, 0.3) is 11.3 Å². The third-order valence-electron chi connectivity index (χ3n) is 4.67. The fourth-order valence-corrected chi connectivity index (χ4v) is 2.98. The molecule has 0 unspecified atom stereocenters. The Morgan fingerprint density at radius 3 is 2.20 bits per heavy atom. The molecule has 1 aromatic heterocycles. The molecule has 25 heavy (non-hydrogen) atoms. The van der Waals surface area contributed by atoms with Crippen LogP contribution in [-0.4, -0.2) is 26.9 Å². The summed E-state index contributed by atoms with van der Waals surface area (Å²) in [6.07, 6.45) is 1.47. The zero-order valence-electron chi connectivity index (χ0n) is 14.1. The van der Waals surface area contributed by atoms with Crippen LogP contribution < -0.4 is 0 Å². The van der Waals surface area contributed by atoms with Gasteiger partial charge in [-0.2, -0.15) is 0 Å². The summed E-state index contributed by atoms with van der Waals surface area (Å²) in [6.45, 7) is 2.31. The average molecular weight is 349 g/mol. The van der Waals surface area contributed by atoms with Crippen molar-refractivity contribution in [2.24, 2.45) is 5.92 Å². The molecule has 1 fully saturated rings. The zero-order chi connectivity index (χ0) is 18.4. The van der Waals surface area contributed by atoms with Gasteiger partial charge in [-0.05, 0) is 62.9 Å². The molecule has 1 aromatic carbocycles. The Morgan fingerprint density at radius 1 is 1.12 bits per heavy atom. The Bertz CT molecular complexity index is 782. The first-order valence-electron chi connectivity index (χ1n) is 8.20. The van der Waals surface area contributed by atoms with E-state index in [1.807, 2.05) is 0 Å². The summed E-state index contributed by atoms with van der Waals surface area (Å²) in [5.41, 5.74) is -2.82. The van der Waals surface area contributed by atoms with Crippen LogP contribution in [0, 0.1) is 17.6 Å². The van der Waals surface area contributed by atoms with Gasteiger partial charge in [-0.1, -0.05) is 0 Å². The van der Waals surface area contributed by atoms with Gasteiger partial charge < -0.3 is 15.3 Å². The fraction of sp³-hybridized carbons (Fsp3) is 0.421. The standard InChI is InChI=1S/C19H21F2NO3/c1-18(2,24)14-9-15(19(25,10-23)12-5-6-12)22-17(16(14)21)11-3-7-13(20)8-4-11/h3-4,7-9,12,23-25H,5-6,10H2,1-2H3/t19-/m1/s1. The molecule has 4 nitrogen and oxygen atoms in total. The number of hydrogen-bond acceptors (Lipinski definition) is 4. The van der Waals surface area contributed by atoms with Gasteiger partial charge in [0.15, 0.2) is 5.82 Å². The zero-order valence-corrected chi connectivity index (χ0v) is 14.1. The monoisotopic (exact) mass is 349 g/mol. The molecule has 0 bridgehead atoms. The van der Waals surface area contributed by atoms with Gasteiger partial charge in [0, 0.05) is 11.1 Å². The maximum Gasteiger partial charge on any atom is 0.155 e. The topological polar surface area (TPSA) is 73.6 Å². The van der Waals surface area contributed by atoms with Crippen LogP contribution >= 0.6 is 0 Å². The highest BCUT2D eigenvalue weighted by Gasteiger charge is 2.46. The molecule has 0 amide bonds. The van der Waals surface area contributed by atoms with E-state index >= 15 is 0 Å². The third-order valence-corrected chi connectivity index (χ3v) is 4.67. The van der Waals surface area contributed by atoms with Crippen LogP contribution in [-0.2, 0) is 11.2 Å². The van der Waals surface area contributed by atoms with E-state index in [0.29, 0.717) is 5.56 Å². The van der Waals surface area contributed by atoms with E-state index in [1.165, 1.54) is 44.2 Å². The van der Waals surface area contributed by atoms with E-state index in [-0.39, 0.29) is 22.9 Å². The van der Waals surface area contributed by atoms with Gasteiger partial charge in [-0.15, -0.1) is 0 Å². The van der Waals surface area contributed by atoms with E-state index in [2.05, 4.69) is 4.98 Å². The Hall–Kier alpha value is -1.89. The van der Waals surface area contributed by atoms with Crippen molar-refractivity contribution in [2.75, 3.05) is 6.61 Å². The van der Waals surface area contributed by atoms with Gasteiger partial charge in [0.05, 0.1) is 17.9 Å². The Labute approximate surface area is 144 Å². The van der Waals surface area contributed by atoms with Gasteiger partial charge >= 0.3 is 0 Å². The number of hydrogen-bond donors (Lipinski definition) is 3. The van der Waals surface area contributed by atoms with E-state index < -0.39 is 29.4 Å². The number of pyridine rings is 1. The van der Waals surface area contributed by atoms with Gasteiger partial charge in [-0.25, -0.2) is 13.8 Å². The molecule has 0 aliphatic heterocycles. The number of aliphatic hydroxyl groups is 3. The molecule has 134 valence electrons. The normalized spacial score (nSPS) is 17.4. The molecule has 0 saturated heterocycles. The summed E-state index contributed by atoms with van der Waals surface area (Å²) in [5, 5.41) is 30.9. The van der Waals surface area contributed by atoms with Crippen molar-refractivity contribution in [2.45, 2.75) is 37.9 Å². The minimum absolute atomic E-state index is 0.0376. The molecule has 3 N–H and O–H groups in total. The molecule has 1 aliphatic rings. The average Bonchev–Trinajstić information content (AvgIpc) is 3.39. The second-order valence-corrected chi connectivity index (χ2v) is 7.14. The molecule has 1 saturated carbocycles. The van der Waals surface area contributed by atoms with E-state index in [9.17, 15) is 24.1 Å². The van der Waals surface area contributed by atoms with Crippen molar-refractivity contribution in [3.63, 3.8) is 0 Å². The quantitative estimate of drug-likeness (QED) is 0.776. The summed E-state index contributed by atoms with van der Waals surface area (Å²) >= 11 is 0. The van der Waals surface area contributed by atoms with Crippen molar-refractivity contribution < 1.29 is 24.1 Å². The lowest BCUT2D eigenvalue weighted by atomic mass is 9.88. The third kappa shape index (κ3) is 3.29. The minimum Gasteiger partial charge on any atom is -0.393 e. The first-order valence-corrected chi connectivity index (χ1v) is 8.20. The largest absolute Gasteiger partial charge is 0.393 e. The highest BCUT2D eigenvalue weighted by molar-refractivity contribution is 5.62. The van der Waals surface area contributed by atoms with Crippen molar-refractivity contribution in [3.05, 3.63) is 53.2 Å². The predicted octanol–water partition coefficient (Wildman–Crippen LogP) is 2.84. The molecule has 1 heterocycles. The van der Waals surface area contributed by atoms with Gasteiger partial charge in [-0.3, -0.25) is 0 Å². The molecule has 0 radical (unpaired) electrons. The number of aromatic nitrogens is 1. The van der Waals surface area contributed by atoms with Crippen molar-refractivity contribution in [3.8, 4) is 11.3 Å². The molecule has 6 heteroatoms. The maximum absolute atomic E-state index is 15.0. The van der Waals surface area contributed by atoms with Gasteiger partial charge in [0.1, 0.15) is 17.1 Å². The Balaban J connectivity index is 2.23. The van der Waals surface area contributed by atoms with Crippen molar-refractivity contribution in [1.29, 1.82) is 0 Å². The molecule has 2 aromatic rings. The van der Waals surface area contributed by atoms with Crippen LogP contribution in [0.1, 0.15) is 37.9 Å². The van der Waals surface area contributed by atoms with Crippen LogP contribution in [0.2, 0.25) is 0 Å². The summed E-state index contributed by atoms with van der Waals surface area (Å²) in [6, 6.07) is 6.44. The number of benzene rings is 1. The van der Waals surface area contributed by atoms with Gasteiger partial charge in [0.25, 0.3) is 0 Å². The molecule has 0 spiro atoms. The minimum atomic E-state index is -1.59. The second-order valence-electron chi connectivity index (χ2n) is 7.14. The molecule has 1 atom stereocenters. The van der Waals surface area contributed by atoms with Crippen LogP contribution in [0.5, 0.6) is 0 Å². The number of nitrogens with zero attached hydrogens (tertiary/aromatic N) is 1. The van der Waals surface area contributed by atoms with E-state index in [1.54, 1.807) is 0 Å². The summed E-state index contributed by atoms with van der Waals surface area (Å²) in [7, 11) is 0. The first-order chi connectivity index (χ1) is 11.7. The Kier molecular flexibility index (Phi) is 4.39. The van der Waals surface area contributed by atoms with Crippen molar-refractivity contribution >= 4 is 0 Å². The second kappa shape index (κ2) is 6.12. The molecule has 1 aliphatic carbocycles. The summed E-state index contributed by atoms with van der Waals surface area (Å²) in [4.78, 5) is 4.23. The predicted molar refractivity (Wildman–Crippen MR) is 88.5 cm³/mol. The lowest BCUT2D eigenvalue weighted by molar-refractivity contribution is -0.0421. The summed E-state index contributed by atoms with van der Waals surface area (Å²) < 4.78 is 28.2. The maximum atomic E-state index is 15.0. The summed E-state index contributed by atoms with van der Waals surface area (Å²) in [5.74, 6) is -1.36. The van der Waals surface area contributed by atoms with Gasteiger partial charge in [0.2, 0.25) is 0 Å². The Morgan fingerprint density at radius 2 is 1.72 bits per heavy atom. The highest BCUT2D eigenvalue weighted by Crippen LogP contribution is 2.46. The smallest absolute Gasteiger partial charge is 0.155 e.